The molecule has 0 aliphatic heterocycles. The van der Waals surface area contributed by atoms with Crippen LogP contribution < -0.4 is 5.56 Å². The Morgan fingerprint density at radius 2 is 2.12 bits per heavy atom. The summed E-state index contributed by atoms with van der Waals surface area (Å²) in [5, 5.41) is 1.15. The molecule has 1 aromatic carbocycles. The van der Waals surface area contributed by atoms with Gasteiger partial charge < -0.3 is 4.98 Å². The lowest BCUT2D eigenvalue weighted by molar-refractivity contribution is 1.00. The highest BCUT2D eigenvalue weighted by atomic mass is 16.1. The van der Waals surface area contributed by atoms with Gasteiger partial charge in [-0.2, -0.15) is 0 Å². The molecule has 0 atom stereocenters. The summed E-state index contributed by atoms with van der Waals surface area (Å²) < 4.78 is 0. The second-order valence-electron chi connectivity index (χ2n) is 3.81. The number of benzene rings is 1. The lowest BCUT2D eigenvalue weighted by Gasteiger charge is -2.04. The first kappa shape index (κ1) is 10.7. The van der Waals surface area contributed by atoms with E-state index in [2.05, 4.69) is 17.1 Å². The quantitative estimate of drug-likeness (QED) is 0.781. The lowest BCUT2D eigenvalue weighted by Crippen LogP contribution is -2.06. The zero-order valence-electron chi connectivity index (χ0n) is 9.36. The van der Waals surface area contributed by atoms with Gasteiger partial charge in [-0.3, -0.25) is 4.79 Å². The van der Waals surface area contributed by atoms with E-state index in [9.17, 15) is 4.79 Å². The van der Waals surface area contributed by atoms with E-state index in [1.54, 1.807) is 6.07 Å². The highest BCUT2D eigenvalue weighted by Gasteiger charge is 2.01. The van der Waals surface area contributed by atoms with Crippen molar-refractivity contribution in [3.63, 3.8) is 0 Å². The number of nitrogens with one attached hydrogen (secondary N) is 1. The van der Waals surface area contributed by atoms with E-state index in [4.69, 9.17) is 0 Å². The average molecular weight is 213 g/mol. The second kappa shape index (κ2) is 4.79. The molecule has 1 heterocycles. The smallest absolute Gasteiger partial charge is 0.248 e. The molecule has 2 aromatic rings. The first-order chi connectivity index (χ1) is 7.81. The van der Waals surface area contributed by atoms with Gasteiger partial charge in [0.25, 0.3) is 0 Å². The normalized spacial score (nSPS) is 11.3. The van der Waals surface area contributed by atoms with Crippen LogP contribution in [0.5, 0.6) is 0 Å². The van der Waals surface area contributed by atoms with Crippen molar-refractivity contribution in [1.82, 2.24) is 4.98 Å². The number of aryl methyl sites for hydroxylation is 1. The largest absolute Gasteiger partial charge is 0.322 e. The number of aromatic amines is 1. The molecule has 0 spiro atoms. The Kier molecular flexibility index (Phi) is 3.20. The minimum absolute atomic E-state index is 0.0193. The fraction of sp³-hybridized carbons (Fsp3) is 0.214. The maximum atomic E-state index is 11.5. The van der Waals surface area contributed by atoms with Crippen molar-refractivity contribution >= 4 is 10.9 Å². The van der Waals surface area contributed by atoms with Crippen LogP contribution in [0.3, 0.4) is 0 Å². The minimum atomic E-state index is -0.0193. The zero-order chi connectivity index (χ0) is 11.4. The number of H-pyrrole nitrogens is 1. The lowest BCUT2D eigenvalue weighted by atomic mass is 10.0. The summed E-state index contributed by atoms with van der Waals surface area (Å²) in [7, 11) is 0. The van der Waals surface area contributed by atoms with Crippen molar-refractivity contribution < 1.29 is 0 Å². The maximum absolute atomic E-state index is 11.5. The molecule has 1 N–H and O–H groups in total. The Morgan fingerprint density at radius 3 is 2.94 bits per heavy atom. The van der Waals surface area contributed by atoms with Crippen molar-refractivity contribution in [1.29, 1.82) is 0 Å². The van der Waals surface area contributed by atoms with Crippen molar-refractivity contribution in [3.05, 3.63) is 58.4 Å². The Labute approximate surface area is 94.6 Å². The average Bonchev–Trinajstić information content (AvgIpc) is 2.29. The standard InChI is InChI=1S/C14H15NO/c1-2-3-4-7-11-10-14(16)15-13-9-6-5-8-12(11)13/h2-3,5-6,8-10H,4,7H2,1H3,(H,15,16)/b3-2+. The molecular weight excluding hydrogens is 198 g/mol. The van der Waals surface area contributed by atoms with Gasteiger partial charge >= 0.3 is 0 Å². The van der Waals surface area contributed by atoms with E-state index in [0.717, 1.165) is 29.3 Å². The zero-order valence-corrected chi connectivity index (χ0v) is 9.36. The number of hydrogen-bond donors (Lipinski definition) is 1. The Hall–Kier alpha value is -1.83. The monoisotopic (exact) mass is 213 g/mol. The third-order valence-corrected chi connectivity index (χ3v) is 2.65. The first-order valence-corrected chi connectivity index (χ1v) is 5.53. The summed E-state index contributed by atoms with van der Waals surface area (Å²) in [6.45, 7) is 2.01. The van der Waals surface area contributed by atoms with Crippen LogP contribution in [-0.2, 0) is 6.42 Å². The molecule has 0 unspecified atom stereocenters. The molecule has 0 radical (unpaired) electrons. The number of allylic oxidation sites excluding steroid dienone is 2. The second-order valence-corrected chi connectivity index (χ2v) is 3.81. The minimum Gasteiger partial charge on any atom is -0.322 e. The molecule has 0 saturated heterocycles. The number of fused-ring (bicyclic) bond motifs is 1. The van der Waals surface area contributed by atoms with E-state index >= 15 is 0 Å². The van der Waals surface area contributed by atoms with Crippen LogP contribution in [-0.4, -0.2) is 4.98 Å². The molecule has 2 nitrogen and oxygen atoms in total. The van der Waals surface area contributed by atoms with Crippen molar-refractivity contribution in [2.75, 3.05) is 0 Å². The molecule has 0 saturated carbocycles. The highest BCUT2D eigenvalue weighted by Crippen LogP contribution is 2.15. The van der Waals surface area contributed by atoms with Crippen LogP contribution in [0, 0.1) is 0 Å². The number of hydrogen-bond acceptors (Lipinski definition) is 1. The molecule has 1 aromatic heterocycles. The van der Waals surface area contributed by atoms with Gasteiger partial charge in [-0.05, 0) is 31.4 Å². The van der Waals surface area contributed by atoms with Gasteiger partial charge in [0, 0.05) is 17.0 Å². The molecule has 0 aliphatic rings. The summed E-state index contributed by atoms with van der Waals surface area (Å²) in [5.41, 5.74) is 2.03. The number of rotatable bonds is 3. The van der Waals surface area contributed by atoms with Crippen molar-refractivity contribution in [2.45, 2.75) is 19.8 Å². The predicted octanol–water partition coefficient (Wildman–Crippen LogP) is 3.04. The number of pyridine rings is 1. The van der Waals surface area contributed by atoms with E-state index in [-0.39, 0.29) is 5.56 Å². The van der Waals surface area contributed by atoms with Gasteiger partial charge in [-0.15, -0.1) is 0 Å². The predicted molar refractivity (Wildman–Crippen MR) is 67.7 cm³/mol. The van der Waals surface area contributed by atoms with Crippen LogP contribution >= 0.6 is 0 Å². The summed E-state index contributed by atoms with van der Waals surface area (Å²) in [6.07, 6.45) is 6.05. The molecule has 2 rings (SSSR count). The number of aromatic nitrogens is 1. The number of para-hydroxylation sites is 1. The van der Waals surface area contributed by atoms with Crippen LogP contribution in [0.4, 0.5) is 0 Å². The van der Waals surface area contributed by atoms with Gasteiger partial charge in [-0.25, -0.2) is 0 Å². The van der Waals surface area contributed by atoms with Crippen molar-refractivity contribution in [3.8, 4) is 0 Å². The summed E-state index contributed by atoms with van der Waals surface area (Å²) >= 11 is 0. The van der Waals surface area contributed by atoms with E-state index < -0.39 is 0 Å². The van der Waals surface area contributed by atoms with Crippen LogP contribution in [0.2, 0.25) is 0 Å². The first-order valence-electron chi connectivity index (χ1n) is 5.53. The van der Waals surface area contributed by atoms with Crippen LogP contribution in [0.25, 0.3) is 10.9 Å². The van der Waals surface area contributed by atoms with Crippen LogP contribution in [0.1, 0.15) is 18.9 Å². The SMILES string of the molecule is C/C=C/CCc1cc(=O)[nH]c2ccccc12. The molecule has 82 valence electrons. The maximum Gasteiger partial charge on any atom is 0.248 e. The summed E-state index contributed by atoms with van der Waals surface area (Å²) in [4.78, 5) is 14.3. The Bertz CT molecular complexity index is 566. The van der Waals surface area contributed by atoms with Gasteiger partial charge in [0.05, 0.1) is 0 Å². The Balaban J connectivity index is 2.46. The van der Waals surface area contributed by atoms with Gasteiger partial charge in [0.2, 0.25) is 5.56 Å². The molecule has 2 heteroatoms. The third kappa shape index (κ3) is 2.22. The molecular formula is C14H15NO. The highest BCUT2D eigenvalue weighted by molar-refractivity contribution is 5.81. The van der Waals surface area contributed by atoms with Gasteiger partial charge in [0.1, 0.15) is 0 Å². The van der Waals surface area contributed by atoms with Gasteiger partial charge in [0.15, 0.2) is 0 Å². The fourth-order valence-corrected chi connectivity index (χ4v) is 1.89. The van der Waals surface area contributed by atoms with Crippen molar-refractivity contribution in [2.24, 2.45) is 0 Å². The molecule has 0 fully saturated rings. The van der Waals surface area contributed by atoms with E-state index in [1.165, 1.54) is 0 Å². The van der Waals surface area contributed by atoms with E-state index in [1.807, 2.05) is 31.2 Å². The topological polar surface area (TPSA) is 32.9 Å². The Morgan fingerprint density at radius 1 is 1.31 bits per heavy atom. The van der Waals surface area contributed by atoms with Gasteiger partial charge in [-0.1, -0.05) is 30.4 Å². The summed E-state index contributed by atoms with van der Waals surface area (Å²) in [5.74, 6) is 0. The molecule has 0 bridgehead atoms. The molecule has 16 heavy (non-hydrogen) atoms. The molecule has 0 aliphatic carbocycles. The molecule has 0 amide bonds. The van der Waals surface area contributed by atoms with Crippen LogP contribution in [0.15, 0.2) is 47.3 Å². The van der Waals surface area contributed by atoms with E-state index in [0.29, 0.717) is 0 Å². The summed E-state index contributed by atoms with van der Waals surface area (Å²) in [6, 6.07) is 9.63. The fourth-order valence-electron chi connectivity index (χ4n) is 1.89. The third-order valence-electron chi connectivity index (χ3n) is 2.65.